The van der Waals surface area contributed by atoms with E-state index in [2.05, 4.69) is 4.74 Å². The van der Waals surface area contributed by atoms with Crippen LogP contribution in [0.15, 0.2) is 47.4 Å². The number of sulfonamides is 1. The molecule has 0 aliphatic carbocycles. The molecule has 2 rings (SSSR count). The zero-order chi connectivity index (χ0) is 21.1. The highest BCUT2D eigenvalue weighted by Gasteiger charge is 2.38. The van der Waals surface area contributed by atoms with E-state index in [1.807, 2.05) is 0 Å². The van der Waals surface area contributed by atoms with E-state index in [-0.39, 0.29) is 18.0 Å². The Balaban J connectivity index is 2.33. The first-order valence-corrected chi connectivity index (χ1v) is 9.15. The average molecular weight is 425 g/mol. The van der Waals surface area contributed by atoms with Crippen LogP contribution in [-0.4, -0.2) is 33.5 Å². The van der Waals surface area contributed by atoms with E-state index < -0.39 is 33.3 Å². The zero-order valence-corrected chi connectivity index (χ0v) is 15.5. The van der Waals surface area contributed by atoms with Crippen LogP contribution in [0.4, 0.5) is 22.0 Å². The van der Waals surface area contributed by atoms with Crippen molar-refractivity contribution in [2.75, 3.05) is 14.2 Å². The molecular formula is C17H16F5NO4S. The van der Waals surface area contributed by atoms with Gasteiger partial charge in [-0.1, -0.05) is 18.2 Å². The van der Waals surface area contributed by atoms with E-state index in [0.717, 1.165) is 29.6 Å². The number of hydrogen-bond acceptors (Lipinski definition) is 4. The molecular weight excluding hydrogens is 409 g/mol. The van der Waals surface area contributed by atoms with Crippen molar-refractivity contribution in [3.05, 3.63) is 53.6 Å². The van der Waals surface area contributed by atoms with Crippen LogP contribution < -0.4 is 9.47 Å². The van der Waals surface area contributed by atoms with Crippen molar-refractivity contribution in [1.82, 2.24) is 4.31 Å². The summed E-state index contributed by atoms with van der Waals surface area (Å²) in [5, 5.41) is 0. The third-order valence-corrected chi connectivity index (χ3v) is 5.59. The van der Waals surface area contributed by atoms with E-state index in [4.69, 9.17) is 4.74 Å². The monoisotopic (exact) mass is 425 g/mol. The normalized spacial score (nSPS) is 12.5. The van der Waals surface area contributed by atoms with Gasteiger partial charge in [-0.2, -0.15) is 26.3 Å². The second kappa shape index (κ2) is 8.31. The molecule has 0 amide bonds. The fourth-order valence-corrected chi connectivity index (χ4v) is 3.81. The van der Waals surface area contributed by atoms with Gasteiger partial charge >= 0.3 is 12.8 Å². The third-order valence-electron chi connectivity index (χ3n) is 3.73. The van der Waals surface area contributed by atoms with Gasteiger partial charge in [-0.05, 0) is 29.8 Å². The van der Waals surface area contributed by atoms with Crippen LogP contribution in [0.5, 0.6) is 11.5 Å². The predicted molar refractivity (Wildman–Crippen MR) is 89.7 cm³/mol. The van der Waals surface area contributed by atoms with Gasteiger partial charge in [0.05, 0.1) is 17.6 Å². The minimum absolute atomic E-state index is 0.0701. The Bertz CT molecular complexity index is 931. The lowest BCUT2D eigenvalue weighted by Crippen LogP contribution is -2.28. The topological polar surface area (TPSA) is 55.8 Å². The molecule has 11 heteroatoms. The Morgan fingerprint density at radius 1 is 1.07 bits per heavy atom. The number of benzene rings is 2. The molecule has 0 heterocycles. The number of alkyl halides is 5. The fraction of sp³-hybridized carbons (Fsp3) is 0.294. The zero-order valence-electron chi connectivity index (χ0n) is 14.7. The molecule has 0 saturated heterocycles. The Morgan fingerprint density at radius 2 is 1.71 bits per heavy atom. The molecule has 0 aliphatic rings. The largest absolute Gasteiger partial charge is 0.493 e. The van der Waals surface area contributed by atoms with Gasteiger partial charge in [-0.25, -0.2) is 8.42 Å². The predicted octanol–water partition coefficient (Wildman–Crippen LogP) is 4.14. The summed E-state index contributed by atoms with van der Waals surface area (Å²) in [6.45, 7) is -3.40. The standard InChI is InChI=1S/C17H16F5NO4S/c1-23(10-11-7-8-13(27-16(18)19)14(9-11)26-2)28(24,25)15-6-4-3-5-12(15)17(20,21)22/h3-9,16H,10H2,1-2H3. The minimum atomic E-state index is -4.85. The molecule has 0 aromatic heterocycles. The molecule has 0 aliphatic heterocycles. The Labute approximate surface area is 158 Å². The molecule has 28 heavy (non-hydrogen) atoms. The van der Waals surface area contributed by atoms with Gasteiger partial charge in [0.25, 0.3) is 0 Å². The average Bonchev–Trinajstić information content (AvgIpc) is 2.61. The van der Waals surface area contributed by atoms with Gasteiger partial charge in [-0.15, -0.1) is 0 Å². The summed E-state index contributed by atoms with van der Waals surface area (Å²) in [7, 11) is -2.16. The lowest BCUT2D eigenvalue weighted by Gasteiger charge is -2.21. The summed E-state index contributed by atoms with van der Waals surface area (Å²) >= 11 is 0. The second-order valence-electron chi connectivity index (χ2n) is 5.62. The fourth-order valence-electron chi connectivity index (χ4n) is 2.44. The molecule has 5 nitrogen and oxygen atoms in total. The summed E-state index contributed by atoms with van der Waals surface area (Å²) in [4.78, 5) is -0.880. The van der Waals surface area contributed by atoms with Crippen molar-refractivity contribution in [2.24, 2.45) is 0 Å². The smallest absolute Gasteiger partial charge is 0.417 e. The highest BCUT2D eigenvalue weighted by molar-refractivity contribution is 7.89. The molecule has 0 radical (unpaired) electrons. The summed E-state index contributed by atoms with van der Waals surface area (Å²) in [5.74, 6) is -0.325. The van der Waals surface area contributed by atoms with Crippen LogP contribution >= 0.6 is 0 Å². The highest BCUT2D eigenvalue weighted by Crippen LogP contribution is 2.35. The Morgan fingerprint density at radius 3 is 2.29 bits per heavy atom. The Kier molecular flexibility index (Phi) is 6.50. The molecule has 2 aromatic rings. The van der Waals surface area contributed by atoms with Crippen LogP contribution in [0.1, 0.15) is 11.1 Å². The lowest BCUT2D eigenvalue weighted by molar-refractivity contribution is -0.139. The minimum Gasteiger partial charge on any atom is -0.493 e. The molecule has 154 valence electrons. The summed E-state index contributed by atoms with van der Waals surface area (Å²) in [5.41, 5.74) is -0.978. The van der Waals surface area contributed by atoms with Gasteiger partial charge in [0.15, 0.2) is 11.5 Å². The van der Waals surface area contributed by atoms with E-state index in [1.165, 1.54) is 25.3 Å². The van der Waals surface area contributed by atoms with Gasteiger partial charge in [0.2, 0.25) is 10.0 Å². The van der Waals surface area contributed by atoms with Crippen molar-refractivity contribution < 1.29 is 39.8 Å². The molecule has 0 spiro atoms. The molecule has 0 N–H and O–H groups in total. The Hall–Kier alpha value is -2.40. The van der Waals surface area contributed by atoms with E-state index in [0.29, 0.717) is 11.6 Å². The van der Waals surface area contributed by atoms with Crippen LogP contribution in [0.2, 0.25) is 0 Å². The number of ether oxygens (including phenoxy) is 2. The first-order valence-electron chi connectivity index (χ1n) is 7.71. The third kappa shape index (κ3) is 4.90. The molecule has 2 aromatic carbocycles. The number of hydrogen-bond donors (Lipinski definition) is 0. The van der Waals surface area contributed by atoms with E-state index >= 15 is 0 Å². The summed E-state index contributed by atoms with van der Waals surface area (Å²) in [6, 6.07) is 7.56. The van der Waals surface area contributed by atoms with Crippen molar-refractivity contribution in [3.63, 3.8) is 0 Å². The molecule has 0 fully saturated rings. The van der Waals surface area contributed by atoms with Gasteiger partial charge in [-0.3, -0.25) is 0 Å². The van der Waals surface area contributed by atoms with Gasteiger partial charge in [0.1, 0.15) is 0 Å². The maximum Gasteiger partial charge on any atom is 0.417 e. The molecule has 0 saturated carbocycles. The highest BCUT2D eigenvalue weighted by atomic mass is 32.2. The van der Waals surface area contributed by atoms with Crippen molar-refractivity contribution in [2.45, 2.75) is 24.2 Å². The van der Waals surface area contributed by atoms with Crippen LogP contribution in [0, 0.1) is 0 Å². The number of methoxy groups -OCH3 is 1. The quantitative estimate of drug-likeness (QED) is 0.626. The molecule has 0 atom stereocenters. The first kappa shape index (κ1) is 21.9. The summed E-state index contributed by atoms with van der Waals surface area (Å²) < 4.78 is 99.4. The van der Waals surface area contributed by atoms with Crippen molar-refractivity contribution >= 4 is 10.0 Å². The number of rotatable bonds is 7. The van der Waals surface area contributed by atoms with Gasteiger partial charge < -0.3 is 9.47 Å². The number of nitrogens with zero attached hydrogens (tertiary/aromatic N) is 1. The van der Waals surface area contributed by atoms with Crippen LogP contribution in [0.3, 0.4) is 0 Å². The van der Waals surface area contributed by atoms with Crippen molar-refractivity contribution in [1.29, 1.82) is 0 Å². The molecule has 0 unspecified atom stereocenters. The van der Waals surface area contributed by atoms with Crippen molar-refractivity contribution in [3.8, 4) is 11.5 Å². The number of halogens is 5. The molecule has 0 bridgehead atoms. The first-order chi connectivity index (χ1) is 13.0. The van der Waals surface area contributed by atoms with E-state index in [9.17, 15) is 30.4 Å². The SMILES string of the molecule is COc1cc(CN(C)S(=O)(=O)c2ccccc2C(F)(F)F)ccc1OC(F)F. The van der Waals surface area contributed by atoms with E-state index in [1.54, 1.807) is 0 Å². The maximum atomic E-state index is 13.1. The maximum absolute atomic E-state index is 13.1. The van der Waals surface area contributed by atoms with Gasteiger partial charge in [0, 0.05) is 13.6 Å². The lowest BCUT2D eigenvalue weighted by atomic mass is 10.2. The van der Waals surface area contributed by atoms with Crippen LogP contribution in [-0.2, 0) is 22.7 Å². The second-order valence-corrected chi connectivity index (χ2v) is 7.63. The summed E-state index contributed by atoms with van der Waals surface area (Å²) in [6.07, 6.45) is -4.85. The van der Waals surface area contributed by atoms with Crippen LogP contribution in [0.25, 0.3) is 0 Å².